The van der Waals surface area contributed by atoms with Gasteiger partial charge in [-0.05, 0) is 46.3 Å². The van der Waals surface area contributed by atoms with E-state index in [0.717, 1.165) is 6.07 Å². The lowest BCUT2D eigenvalue weighted by Crippen LogP contribution is -2.01. The number of aldehydes is 1. The summed E-state index contributed by atoms with van der Waals surface area (Å²) in [5.74, 6) is 0. The van der Waals surface area contributed by atoms with Crippen molar-refractivity contribution in [1.29, 1.82) is 0 Å². The molecule has 1 rings (SSSR count). The highest BCUT2D eigenvalue weighted by Gasteiger charge is 2.20. The van der Waals surface area contributed by atoms with Crippen molar-refractivity contribution in [3.8, 4) is 0 Å². The number of carbonyl (C=O) groups excluding carboxylic acids is 2. The van der Waals surface area contributed by atoms with Crippen molar-refractivity contribution in [2.75, 3.05) is 0 Å². The van der Waals surface area contributed by atoms with E-state index in [1.54, 1.807) is 22.6 Å². The standard InChI is InChI=1S/C8H3ClINO4/c9-8(13)4-1-5(3-12)7(11(14)15)6(10)2-4/h1-3H. The molecule has 1 aromatic rings. The van der Waals surface area contributed by atoms with Gasteiger partial charge in [0, 0.05) is 5.56 Å². The van der Waals surface area contributed by atoms with Gasteiger partial charge in [0.15, 0.2) is 6.29 Å². The molecule has 15 heavy (non-hydrogen) atoms. The zero-order valence-electron chi connectivity index (χ0n) is 7.07. The first kappa shape index (κ1) is 12.1. The number of rotatable bonds is 3. The van der Waals surface area contributed by atoms with E-state index in [1.807, 2.05) is 0 Å². The number of nitro benzene ring substituents is 1. The molecule has 0 aliphatic carbocycles. The fraction of sp³-hybridized carbons (Fsp3) is 0. The molecule has 5 nitrogen and oxygen atoms in total. The Morgan fingerprint density at radius 2 is 2.13 bits per heavy atom. The average molecular weight is 339 g/mol. The Kier molecular flexibility index (Phi) is 3.75. The van der Waals surface area contributed by atoms with Crippen LogP contribution in [0.1, 0.15) is 20.7 Å². The fourth-order valence-electron chi connectivity index (χ4n) is 1.02. The van der Waals surface area contributed by atoms with E-state index in [-0.39, 0.29) is 20.4 Å². The topological polar surface area (TPSA) is 77.3 Å². The van der Waals surface area contributed by atoms with Gasteiger partial charge in [0.2, 0.25) is 0 Å². The van der Waals surface area contributed by atoms with Gasteiger partial charge in [-0.1, -0.05) is 0 Å². The van der Waals surface area contributed by atoms with Crippen LogP contribution in [0, 0.1) is 13.7 Å². The van der Waals surface area contributed by atoms with Crippen LogP contribution in [-0.4, -0.2) is 16.5 Å². The largest absolute Gasteiger partial charge is 0.298 e. The molecule has 0 bridgehead atoms. The van der Waals surface area contributed by atoms with Crippen LogP contribution in [0.4, 0.5) is 5.69 Å². The van der Waals surface area contributed by atoms with Gasteiger partial charge in [-0.15, -0.1) is 0 Å². The van der Waals surface area contributed by atoms with Crippen molar-refractivity contribution in [2.45, 2.75) is 0 Å². The molecule has 0 radical (unpaired) electrons. The predicted molar refractivity (Wildman–Crippen MR) is 61.4 cm³/mol. The van der Waals surface area contributed by atoms with Crippen molar-refractivity contribution in [2.24, 2.45) is 0 Å². The third-order valence-corrected chi connectivity index (χ3v) is 2.67. The van der Waals surface area contributed by atoms with Crippen molar-refractivity contribution >= 4 is 51.4 Å². The summed E-state index contributed by atoms with van der Waals surface area (Å²) in [5.41, 5.74) is -0.406. The molecule has 0 aliphatic heterocycles. The Hall–Kier alpha value is -1.02. The van der Waals surface area contributed by atoms with E-state index in [2.05, 4.69) is 0 Å². The summed E-state index contributed by atoms with van der Waals surface area (Å²) in [4.78, 5) is 31.4. The molecule has 0 fully saturated rings. The molecular formula is C8H3ClINO4. The maximum Gasteiger partial charge on any atom is 0.293 e. The number of carbonyl (C=O) groups is 2. The quantitative estimate of drug-likeness (QED) is 0.278. The van der Waals surface area contributed by atoms with Crippen LogP contribution >= 0.6 is 34.2 Å². The minimum atomic E-state index is -0.758. The molecule has 0 saturated carbocycles. The van der Waals surface area contributed by atoms with Crippen LogP contribution in [0.3, 0.4) is 0 Å². The third-order valence-electron chi connectivity index (χ3n) is 1.63. The second-order valence-electron chi connectivity index (χ2n) is 2.54. The summed E-state index contributed by atoms with van der Waals surface area (Å²) < 4.78 is 0.200. The molecule has 0 saturated heterocycles. The Morgan fingerprint density at radius 1 is 1.53 bits per heavy atom. The molecule has 1 aromatic carbocycles. The lowest BCUT2D eigenvalue weighted by atomic mass is 10.1. The first-order valence-corrected chi connectivity index (χ1v) is 5.06. The van der Waals surface area contributed by atoms with E-state index < -0.39 is 10.2 Å². The van der Waals surface area contributed by atoms with Crippen LogP contribution in [0.5, 0.6) is 0 Å². The summed E-state index contributed by atoms with van der Waals surface area (Å²) in [6.45, 7) is 0. The van der Waals surface area contributed by atoms with E-state index >= 15 is 0 Å². The molecule has 0 heterocycles. The van der Waals surface area contributed by atoms with Crippen LogP contribution in [-0.2, 0) is 0 Å². The van der Waals surface area contributed by atoms with Gasteiger partial charge < -0.3 is 0 Å². The minimum Gasteiger partial charge on any atom is -0.298 e. The van der Waals surface area contributed by atoms with Gasteiger partial charge in [0.1, 0.15) is 0 Å². The maximum atomic E-state index is 10.8. The lowest BCUT2D eigenvalue weighted by Gasteiger charge is -2.00. The Bertz CT molecular complexity index is 460. The highest BCUT2D eigenvalue weighted by Crippen LogP contribution is 2.26. The second-order valence-corrected chi connectivity index (χ2v) is 4.05. The normalized spacial score (nSPS) is 9.73. The smallest absolute Gasteiger partial charge is 0.293 e. The van der Waals surface area contributed by atoms with Gasteiger partial charge in [0.25, 0.3) is 10.9 Å². The van der Waals surface area contributed by atoms with Gasteiger partial charge in [-0.3, -0.25) is 19.7 Å². The van der Waals surface area contributed by atoms with E-state index in [1.165, 1.54) is 6.07 Å². The summed E-state index contributed by atoms with van der Waals surface area (Å²) in [6, 6.07) is 2.36. The minimum absolute atomic E-state index is 0.0637. The average Bonchev–Trinajstić information content (AvgIpc) is 2.15. The van der Waals surface area contributed by atoms with Crippen molar-refractivity contribution in [1.82, 2.24) is 0 Å². The molecular weight excluding hydrogens is 336 g/mol. The van der Waals surface area contributed by atoms with Crippen molar-refractivity contribution in [3.63, 3.8) is 0 Å². The zero-order chi connectivity index (χ0) is 11.6. The van der Waals surface area contributed by atoms with E-state index in [0.29, 0.717) is 6.29 Å². The van der Waals surface area contributed by atoms with Crippen LogP contribution in [0.2, 0.25) is 0 Å². The van der Waals surface area contributed by atoms with Crippen molar-refractivity contribution < 1.29 is 14.5 Å². The van der Waals surface area contributed by atoms with Crippen LogP contribution in [0.15, 0.2) is 12.1 Å². The Balaban J connectivity index is 3.50. The molecule has 0 aromatic heterocycles. The van der Waals surface area contributed by atoms with Crippen LogP contribution in [0.25, 0.3) is 0 Å². The maximum absolute atomic E-state index is 10.8. The summed E-state index contributed by atoms with van der Waals surface area (Å²) in [7, 11) is 0. The number of hydrogen-bond donors (Lipinski definition) is 0. The third kappa shape index (κ3) is 2.51. The highest BCUT2D eigenvalue weighted by atomic mass is 127. The van der Waals surface area contributed by atoms with Crippen LogP contribution < -0.4 is 0 Å². The second kappa shape index (κ2) is 4.67. The van der Waals surface area contributed by atoms with Gasteiger partial charge >= 0.3 is 0 Å². The molecule has 7 heteroatoms. The first-order chi connectivity index (χ1) is 6.97. The fourth-order valence-corrected chi connectivity index (χ4v) is 1.97. The Labute approximate surface area is 103 Å². The summed E-state index contributed by atoms with van der Waals surface area (Å²) >= 11 is 6.88. The molecule has 0 unspecified atom stereocenters. The number of benzene rings is 1. The number of halogens is 2. The van der Waals surface area contributed by atoms with Gasteiger partial charge in [0.05, 0.1) is 14.1 Å². The molecule has 78 valence electrons. The lowest BCUT2D eigenvalue weighted by molar-refractivity contribution is -0.386. The molecule has 0 N–H and O–H groups in total. The van der Waals surface area contributed by atoms with Crippen molar-refractivity contribution in [3.05, 3.63) is 36.9 Å². The number of nitrogens with zero attached hydrogens (tertiary/aromatic N) is 1. The highest BCUT2D eigenvalue weighted by molar-refractivity contribution is 14.1. The SMILES string of the molecule is O=Cc1cc(C(=O)Cl)cc(I)c1[N+](=O)[O-]. The molecule has 0 amide bonds. The summed E-state index contributed by atoms with van der Waals surface area (Å²) in [6.07, 6.45) is 0.323. The van der Waals surface area contributed by atoms with Gasteiger partial charge in [-0.2, -0.15) is 0 Å². The van der Waals surface area contributed by atoms with Gasteiger partial charge in [-0.25, -0.2) is 0 Å². The molecule has 0 atom stereocenters. The predicted octanol–water partition coefficient (Wildman–Crippen LogP) is 2.39. The first-order valence-electron chi connectivity index (χ1n) is 3.60. The molecule has 0 spiro atoms. The zero-order valence-corrected chi connectivity index (χ0v) is 9.98. The van der Waals surface area contributed by atoms with E-state index in [9.17, 15) is 19.7 Å². The molecule has 0 aliphatic rings. The Morgan fingerprint density at radius 3 is 2.53 bits per heavy atom. The summed E-state index contributed by atoms with van der Waals surface area (Å²) in [5, 5.41) is 9.85. The number of hydrogen-bond acceptors (Lipinski definition) is 4. The monoisotopic (exact) mass is 339 g/mol. The van der Waals surface area contributed by atoms with E-state index in [4.69, 9.17) is 11.6 Å². The number of nitro groups is 1.